The first-order chi connectivity index (χ1) is 11.7. The Balaban J connectivity index is 1.80. The summed E-state index contributed by atoms with van der Waals surface area (Å²) in [6, 6.07) is 19.8. The fourth-order valence-electron chi connectivity index (χ4n) is 3.33. The minimum absolute atomic E-state index is 0.939. The zero-order valence-corrected chi connectivity index (χ0v) is 14.1. The van der Waals surface area contributed by atoms with E-state index in [0.717, 1.165) is 6.42 Å². The quantitative estimate of drug-likeness (QED) is 0.606. The number of fused-ring (bicyclic) bond motifs is 1. The molecule has 3 aromatic rings. The second kappa shape index (κ2) is 6.01. The molecule has 24 heavy (non-hydrogen) atoms. The van der Waals surface area contributed by atoms with Crippen LogP contribution in [0.1, 0.15) is 39.9 Å². The van der Waals surface area contributed by atoms with Gasteiger partial charge in [-0.05, 0) is 43.0 Å². The topological polar surface area (TPSA) is 15.8 Å². The third-order valence-corrected chi connectivity index (χ3v) is 4.68. The van der Waals surface area contributed by atoms with Crippen molar-refractivity contribution in [3.05, 3.63) is 106 Å². The number of H-pyrrole nitrogens is 1. The summed E-state index contributed by atoms with van der Waals surface area (Å²) in [5, 5.41) is 0. The van der Waals surface area contributed by atoms with Crippen LogP contribution < -0.4 is 0 Å². The second-order valence-electron chi connectivity index (χ2n) is 6.47. The molecular formula is C23H21N. The maximum absolute atomic E-state index is 3.46. The Kier molecular flexibility index (Phi) is 3.70. The van der Waals surface area contributed by atoms with E-state index < -0.39 is 0 Å². The average molecular weight is 311 g/mol. The molecule has 0 bridgehead atoms. The minimum atomic E-state index is 0.939. The molecule has 0 saturated heterocycles. The number of aromatic nitrogens is 1. The number of hydrogen-bond acceptors (Lipinski definition) is 0. The number of hydrogen-bond donors (Lipinski definition) is 1. The highest BCUT2D eigenvalue weighted by molar-refractivity contribution is 5.91. The fraction of sp³-hybridized carbons (Fsp3) is 0.130. The Labute approximate surface area is 143 Å². The van der Waals surface area contributed by atoms with E-state index in [0.29, 0.717) is 0 Å². The van der Waals surface area contributed by atoms with Crippen LogP contribution in [0, 0.1) is 13.8 Å². The van der Waals surface area contributed by atoms with Crippen molar-refractivity contribution in [2.45, 2.75) is 20.3 Å². The molecule has 1 aromatic heterocycles. The van der Waals surface area contributed by atoms with E-state index in [9.17, 15) is 0 Å². The van der Waals surface area contributed by atoms with E-state index >= 15 is 0 Å². The molecule has 0 unspecified atom stereocenters. The van der Waals surface area contributed by atoms with Gasteiger partial charge in [0.15, 0.2) is 0 Å². The standard InChI is InChI=1S/C23H21N/c1-16-6-10-18(11-7-16)20-4-3-5-21(23-22(20)14-15-24-23)19-12-8-17(2)9-13-19/h4-15,24H,3H2,1-2H3. The van der Waals surface area contributed by atoms with Crippen molar-refractivity contribution in [2.75, 3.05) is 0 Å². The number of aryl methyl sites for hydroxylation is 2. The monoisotopic (exact) mass is 311 g/mol. The van der Waals surface area contributed by atoms with E-state index in [1.807, 2.05) is 6.20 Å². The van der Waals surface area contributed by atoms with E-state index in [2.05, 4.69) is 85.6 Å². The number of nitrogens with one attached hydrogen (secondary N) is 1. The van der Waals surface area contributed by atoms with Crippen LogP contribution in [0.3, 0.4) is 0 Å². The van der Waals surface area contributed by atoms with Gasteiger partial charge in [-0.1, -0.05) is 71.8 Å². The van der Waals surface area contributed by atoms with Crippen LogP contribution in [0.2, 0.25) is 0 Å². The lowest BCUT2D eigenvalue weighted by atomic mass is 9.94. The molecule has 0 fully saturated rings. The van der Waals surface area contributed by atoms with Crippen LogP contribution in [-0.4, -0.2) is 4.98 Å². The average Bonchev–Trinajstić information content (AvgIpc) is 2.99. The maximum Gasteiger partial charge on any atom is 0.0536 e. The van der Waals surface area contributed by atoms with Crippen LogP contribution in [0.25, 0.3) is 11.1 Å². The van der Waals surface area contributed by atoms with Gasteiger partial charge in [0.2, 0.25) is 0 Å². The predicted octanol–water partition coefficient (Wildman–Crippen LogP) is 5.90. The molecule has 4 rings (SSSR count). The molecule has 0 radical (unpaired) electrons. The van der Waals surface area contributed by atoms with Gasteiger partial charge in [0.1, 0.15) is 0 Å². The molecule has 1 heteroatoms. The first kappa shape index (κ1) is 14.8. The molecule has 118 valence electrons. The van der Waals surface area contributed by atoms with Crippen molar-refractivity contribution in [1.82, 2.24) is 4.98 Å². The highest BCUT2D eigenvalue weighted by Crippen LogP contribution is 2.35. The highest BCUT2D eigenvalue weighted by atomic mass is 14.7. The van der Waals surface area contributed by atoms with E-state index in [4.69, 9.17) is 0 Å². The van der Waals surface area contributed by atoms with E-state index in [1.165, 1.54) is 44.7 Å². The Morgan fingerprint density at radius 2 is 1.21 bits per heavy atom. The van der Waals surface area contributed by atoms with E-state index in [1.54, 1.807) is 0 Å². The summed E-state index contributed by atoms with van der Waals surface area (Å²) < 4.78 is 0. The molecule has 1 aliphatic rings. The summed E-state index contributed by atoms with van der Waals surface area (Å²) in [5.74, 6) is 0. The molecule has 1 aliphatic carbocycles. The first-order valence-electron chi connectivity index (χ1n) is 8.45. The van der Waals surface area contributed by atoms with Crippen LogP contribution >= 0.6 is 0 Å². The molecule has 0 saturated carbocycles. The summed E-state index contributed by atoms with van der Waals surface area (Å²) in [5.41, 5.74) is 10.2. The molecule has 0 atom stereocenters. The third-order valence-electron chi connectivity index (χ3n) is 4.68. The van der Waals surface area contributed by atoms with Gasteiger partial charge in [-0.3, -0.25) is 0 Å². The Morgan fingerprint density at radius 3 is 1.83 bits per heavy atom. The highest BCUT2D eigenvalue weighted by Gasteiger charge is 2.17. The summed E-state index contributed by atoms with van der Waals surface area (Å²) in [4.78, 5) is 3.46. The Morgan fingerprint density at radius 1 is 0.667 bits per heavy atom. The van der Waals surface area contributed by atoms with Crippen molar-refractivity contribution >= 4 is 11.1 Å². The first-order valence-corrected chi connectivity index (χ1v) is 8.45. The second-order valence-corrected chi connectivity index (χ2v) is 6.47. The Hall–Kier alpha value is -2.80. The van der Waals surface area contributed by atoms with Crippen LogP contribution in [0.4, 0.5) is 0 Å². The van der Waals surface area contributed by atoms with Gasteiger partial charge < -0.3 is 4.98 Å². The lowest BCUT2D eigenvalue weighted by Gasteiger charge is -2.11. The molecular weight excluding hydrogens is 290 g/mol. The minimum Gasteiger partial charge on any atom is -0.361 e. The SMILES string of the molecule is Cc1ccc(C2=CCC=C(c3ccc(C)cc3)c3[nH]ccc32)cc1. The maximum atomic E-state index is 3.46. The van der Waals surface area contributed by atoms with Crippen LogP contribution in [0.5, 0.6) is 0 Å². The van der Waals surface area contributed by atoms with Gasteiger partial charge in [-0.15, -0.1) is 0 Å². The van der Waals surface area contributed by atoms with Crippen molar-refractivity contribution in [3.63, 3.8) is 0 Å². The summed E-state index contributed by atoms with van der Waals surface area (Å²) in [6.45, 7) is 4.26. The lowest BCUT2D eigenvalue weighted by Crippen LogP contribution is -1.93. The molecule has 1 heterocycles. The van der Waals surface area contributed by atoms with Crippen LogP contribution in [-0.2, 0) is 0 Å². The molecule has 1 nitrogen and oxygen atoms in total. The number of allylic oxidation sites excluding steroid dienone is 2. The fourth-order valence-corrected chi connectivity index (χ4v) is 3.33. The van der Waals surface area contributed by atoms with Gasteiger partial charge in [-0.2, -0.15) is 0 Å². The number of aromatic amines is 1. The largest absolute Gasteiger partial charge is 0.361 e. The summed E-state index contributed by atoms with van der Waals surface area (Å²) in [7, 11) is 0. The van der Waals surface area contributed by atoms with Gasteiger partial charge in [-0.25, -0.2) is 0 Å². The van der Waals surface area contributed by atoms with E-state index in [-0.39, 0.29) is 0 Å². The summed E-state index contributed by atoms with van der Waals surface area (Å²) >= 11 is 0. The van der Waals surface area contributed by atoms with Crippen molar-refractivity contribution < 1.29 is 0 Å². The van der Waals surface area contributed by atoms with Gasteiger partial charge >= 0.3 is 0 Å². The lowest BCUT2D eigenvalue weighted by molar-refractivity contribution is 1.32. The van der Waals surface area contributed by atoms with Gasteiger partial charge in [0.25, 0.3) is 0 Å². The molecule has 1 N–H and O–H groups in total. The zero-order valence-electron chi connectivity index (χ0n) is 14.1. The van der Waals surface area contributed by atoms with Gasteiger partial charge in [0, 0.05) is 17.3 Å². The van der Waals surface area contributed by atoms with Gasteiger partial charge in [0.05, 0.1) is 5.69 Å². The molecule has 2 aromatic carbocycles. The van der Waals surface area contributed by atoms with Crippen molar-refractivity contribution in [2.24, 2.45) is 0 Å². The molecule has 0 amide bonds. The van der Waals surface area contributed by atoms with Crippen LogP contribution in [0.15, 0.2) is 72.9 Å². The smallest absolute Gasteiger partial charge is 0.0536 e. The third kappa shape index (κ3) is 2.63. The zero-order chi connectivity index (χ0) is 16.5. The van der Waals surface area contributed by atoms with Crippen molar-refractivity contribution in [1.29, 1.82) is 0 Å². The predicted molar refractivity (Wildman–Crippen MR) is 102 cm³/mol. The number of benzene rings is 2. The number of rotatable bonds is 2. The molecule has 0 aliphatic heterocycles. The normalized spacial score (nSPS) is 13.8. The van der Waals surface area contributed by atoms with Crippen molar-refractivity contribution in [3.8, 4) is 0 Å². The summed E-state index contributed by atoms with van der Waals surface area (Å²) in [6.07, 6.45) is 7.63. The molecule has 0 spiro atoms. The Bertz CT molecular complexity index is 843.